The van der Waals surface area contributed by atoms with Gasteiger partial charge in [0.15, 0.2) is 5.96 Å². The quantitative estimate of drug-likeness (QED) is 0.123. The number of aromatic amines is 1. The maximum Gasteiger partial charge on any atom is 0.328 e. The minimum absolute atomic E-state index is 0.162. The predicted molar refractivity (Wildman–Crippen MR) is 158 cm³/mol. The highest BCUT2D eigenvalue weighted by Gasteiger charge is 2.27. The molecule has 0 radical (unpaired) electrons. The number of aliphatic carboxylic acids is 1. The fourth-order valence-electron chi connectivity index (χ4n) is 5.09. The van der Waals surface area contributed by atoms with E-state index in [9.17, 15) is 9.90 Å². The van der Waals surface area contributed by atoms with Crippen molar-refractivity contribution < 1.29 is 9.90 Å². The number of benzene rings is 1. The van der Waals surface area contributed by atoms with Gasteiger partial charge in [-0.05, 0) is 54.9 Å². The predicted octanol–water partition coefficient (Wildman–Crippen LogP) is 6.34. The van der Waals surface area contributed by atoms with Crippen molar-refractivity contribution >= 4 is 23.8 Å². The number of anilines is 1. The monoisotopic (exact) mass is 519 g/mol. The maximum atomic E-state index is 11.9. The van der Waals surface area contributed by atoms with Crippen LogP contribution in [0.5, 0.6) is 0 Å². The number of nitrogens with one attached hydrogen (secondary N) is 3. The summed E-state index contributed by atoms with van der Waals surface area (Å²) < 4.78 is 0. The third kappa shape index (κ3) is 10.5. The standard InChI is InChI=1S/C31H45N5O2/c1-2-3-4-5-6-8-14-25(17-16-24-12-9-7-10-13-24)18-19-27(35-29-15-11-21-33-29)26(23-30(37)38)28-20-22-34-31(32)36-28/h7,9-13,15-17,21,23,25,27-28,33,35H,2-6,8,14,18-20,22H2,1H3,(H,37,38)(H3,32,34,36). The number of H-pyrrole nitrogens is 1. The summed E-state index contributed by atoms with van der Waals surface area (Å²) in [5.41, 5.74) is 7.98. The number of carboxylic acids is 1. The van der Waals surface area contributed by atoms with E-state index in [1.807, 2.05) is 24.4 Å². The molecule has 1 aliphatic heterocycles. The molecule has 1 aromatic heterocycles. The molecule has 38 heavy (non-hydrogen) atoms. The van der Waals surface area contributed by atoms with Crippen molar-refractivity contribution in [2.45, 2.75) is 83.2 Å². The number of aliphatic imine (C=N–C) groups is 1. The maximum absolute atomic E-state index is 11.9. The number of carboxylic acid groups (broad SMARTS) is 1. The van der Waals surface area contributed by atoms with Gasteiger partial charge < -0.3 is 26.5 Å². The highest BCUT2D eigenvalue weighted by Crippen LogP contribution is 2.26. The van der Waals surface area contributed by atoms with E-state index >= 15 is 0 Å². The average molecular weight is 520 g/mol. The number of hydrogen-bond donors (Lipinski definition) is 5. The summed E-state index contributed by atoms with van der Waals surface area (Å²) in [6.07, 6.45) is 19.0. The highest BCUT2D eigenvalue weighted by atomic mass is 16.4. The van der Waals surface area contributed by atoms with Gasteiger partial charge >= 0.3 is 5.97 Å². The molecule has 0 aliphatic carbocycles. The van der Waals surface area contributed by atoms with Gasteiger partial charge in [0.2, 0.25) is 0 Å². The second-order valence-corrected chi connectivity index (χ2v) is 10.2. The molecule has 0 saturated carbocycles. The zero-order valence-electron chi connectivity index (χ0n) is 22.7. The average Bonchev–Trinajstić information content (AvgIpc) is 3.43. The molecule has 1 aromatic carbocycles. The van der Waals surface area contributed by atoms with Gasteiger partial charge in [-0.2, -0.15) is 0 Å². The largest absolute Gasteiger partial charge is 0.478 e. The van der Waals surface area contributed by atoms with Crippen LogP contribution in [-0.2, 0) is 4.79 Å². The van der Waals surface area contributed by atoms with E-state index in [0.29, 0.717) is 24.8 Å². The molecule has 3 rings (SSSR count). The molecule has 2 aromatic rings. The minimum Gasteiger partial charge on any atom is -0.478 e. The first kappa shape index (κ1) is 29.1. The Morgan fingerprint density at radius 2 is 1.89 bits per heavy atom. The molecular weight excluding hydrogens is 474 g/mol. The molecule has 2 heterocycles. The Morgan fingerprint density at radius 3 is 2.61 bits per heavy atom. The summed E-state index contributed by atoms with van der Waals surface area (Å²) in [6.45, 7) is 2.83. The molecule has 6 N–H and O–H groups in total. The van der Waals surface area contributed by atoms with Crippen molar-refractivity contribution in [3.8, 4) is 0 Å². The molecule has 7 nitrogen and oxygen atoms in total. The van der Waals surface area contributed by atoms with E-state index in [1.54, 1.807) is 0 Å². The van der Waals surface area contributed by atoms with Gasteiger partial charge in [0.1, 0.15) is 5.82 Å². The normalized spacial score (nSPS) is 17.6. The van der Waals surface area contributed by atoms with Gasteiger partial charge in [-0.1, -0.05) is 87.9 Å². The van der Waals surface area contributed by atoms with E-state index < -0.39 is 5.97 Å². The van der Waals surface area contributed by atoms with Crippen molar-refractivity contribution in [1.82, 2.24) is 10.3 Å². The molecule has 0 saturated heterocycles. The Kier molecular flexibility index (Phi) is 12.5. The second kappa shape index (κ2) is 16.4. The Hall–Kier alpha value is -3.48. The molecule has 3 atom stereocenters. The van der Waals surface area contributed by atoms with Crippen LogP contribution in [0.15, 0.2) is 71.4 Å². The lowest BCUT2D eigenvalue weighted by Gasteiger charge is -2.31. The van der Waals surface area contributed by atoms with E-state index in [4.69, 9.17) is 5.73 Å². The highest BCUT2D eigenvalue weighted by molar-refractivity contribution is 5.83. The number of nitrogens with two attached hydrogens (primary N) is 1. The zero-order valence-corrected chi connectivity index (χ0v) is 22.7. The van der Waals surface area contributed by atoms with Crippen molar-refractivity contribution in [1.29, 1.82) is 0 Å². The third-order valence-electron chi connectivity index (χ3n) is 7.16. The first-order chi connectivity index (χ1) is 18.5. The SMILES string of the molecule is CCCCCCCCC(C=Cc1ccccc1)CCC(Nc1ccc[nH]1)C(=CC(=O)O)C1CCN=C(N)N1. The number of guanidine groups is 1. The first-order valence-electron chi connectivity index (χ1n) is 14.2. The minimum atomic E-state index is -0.950. The van der Waals surface area contributed by atoms with Gasteiger partial charge in [0.05, 0.1) is 12.1 Å². The summed E-state index contributed by atoms with van der Waals surface area (Å²) in [5, 5.41) is 16.5. The number of hydrogen-bond acceptors (Lipinski definition) is 5. The summed E-state index contributed by atoms with van der Waals surface area (Å²) in [5.74, 6) is 0.694. The Bertz CT molecular complexity index is 1030. The van der Waals surface area contributed by atoms with E-state index in [0.717, 1.165) is 30.7 Å². The lowest BCUT2D eigenvalue weighted by molar-refractivity contribution is -0.131. The number of unbranched alkanes of at least 4 members (excludes halogenated alkanes) is 5. The van der Waals surface area contributed by atoms with Crippen LogP contribution in [0, 0.1) is 5.92 Å². The molecule has 0 bridgehead atoms. The van der Waals surface area contributed by atoms with Crippen LogP contribution in [0.3, 0.4) is 0 Å². The van der Waals surface area contributed by atoms with E-state index in [2.05, 4.69) is 64.0 Å². The van der Waals surface area contributed by atoms with Crippen LogP contribution in [0.4, 0.5) is 5.82 Å². The van der Waals surface area contributed by atoms with Gasteiger partial charge in [0.25, 0.3) is 0 Å². The Labute approximate surface area is 227 Å². The summed E-state index contributed by atoms with van der Waals surface area (Å²) in [7, 11) is 0. The van der Waals surface area contributed by atoms with Crippen LogP contribution in [-0.4, -0.2) is 40.6 Å². The van der Waals surface area contributed by atoms with Gasteiger partial charge in [0, 0.05) is 18.8 Å². The van der Waals surface area contributed by atoms with Crippen LogP contribution < -0.4 is 16.4 Å². The first-order valence-corrected chi connectivity index (χ1v) is 14.2. The number of aromatic nitrogens is 1. The lowest BCUT2D eigenvalue weighted by Crippen LogP contribution is -2.48. The third-order valence-corrected chi connectivity index (χ3v) is 7.16. The molecule has 7 heteroatoms. The molecule has 0 spiro atoms. The van der Waals surface area contributed by atoms with Crippen LogP contribution in [0.25, 0.3) is 6.08 Å². The fourth-order valence-corrected chi connectivity index (χ4v) is 5.09. The zero-order chi connectivity index (χ0) is 27.0. The van der Waals surface area contributed by atoms with E-state index in [1.165, 1.54) is 50.2 Å². The molecule has 0 fully saturated rings. The van der Waals surface area contributed by atoms with Gasteiger partial charge in [-0.15, -0.1) is 0 Å². The number of carbonyl (C=O) groups is 1. The molecule has 3 unspecified atom stereocenters. The topological polar surface area (TPSA) is 116 Å². The number of allylic oxidation sites excluding steroid dienone is 1. The lowest BCUT2D eigenvalue weighted by atomic mass is 9.87. The molecule has 0 amide bonds. The number of rotatable bonds is 17. The molecule has 1 aliphatic rings. The molecule has 206 valence electrons. The Balaban J connectivity index is 1.75. The van der Waals surface area contributed by atoms with Crippen LogP contribution in [0.2, 0.25) is 0 Å². The summed E-state index contributed by atoms with van der Waals surface area (Å²) in [6, 6.07) is 14.0. The van der Waals surface area contributed by atoms with Gasteiger partial charge in [-0.25, -0.2) is 4.79 Å². The van der Waals surface area contributed by atoms with Crippen molar-refractivity contribution in [3.63, 3.8) is 0 Å². The Morgan fingerprint density at radius 1 is 1.11 bits per heavy atom. The van der Waals surface area contributed by atoms with Crippen LogP contribution >= 0.6 is 0 Å². The summed E-state index contributed by atoms with van der Waals surface area (Å²) in [4.78, 5) is 19.3. The van der Waals surface area contributed by atoms with Crippen molar-refractivity contribution in [2.24, 2.45) is 16.6 Å². The van der Waals surface area contributed by atoms with Crippen molar-refractivity contribution in [2.75, 3.05) is 11.9 Å². The van der Waals surface area contributed by atoms with Gasteiger partial charge in [-0.3, -0.25) is 4.99 Å². The molecular formula is C31H45N5O2. The number of nitrogens with zero attached hydrogens (tertiary/aromatic N) is 1. The van der Waals surface area contributed by atoms with E-state index in [-0.39, 0.29) is 12.1 Å². The summed E-state index contributed by atoms with van der Waals surface area (Å²) >= 11 is 0. The van der Waals surface area contributed by atoms with Crippen LogP contribution in [0.1, 0.15) is 76.7 Å². The fraction of sp³-hybridized carbons (Fsp3) is 0.484. The van der Waals surface area contributed by atoms with Crippen molar-refractivity contribution in [3.05, 3.63) is 72.0 Å². The smallest absolute Gasteiger partial charge is 0.328 e. The second-order valence-electron chi connectivity index (χ2n) is 10.2.